The van der Waals surface area contributed by atoms with Crippen LogP contribution < -0.4 is 0 Å². The zero-order chi connectivity index (χ0) is 26.4. The van der Waals surface area contributed by atoms with Crippen LogP contribution >= 0.6 is 0 Å². The number of benzene rings is 4. The zero-order valence-electron chi connectivity index (χ0n) is 23.1. The molecule has 2 aliphatic carbocycles. The van der Waals surface area contributed by atoms with Crippen LogP contribution in [0.15, 0.2) is 109 Å². The van der Waals surface area contributed by atoms with Crippen LogP contribution in [-0.4, -0.2) is 3.26 Å². The van der Waals surface area contributed by atoms with Crippen LogP contribution in [0.4, 0.5) is 0 Å². The Labute approximate surface area is 229 Å². The van der Waals surface area contributed by atoms with Crippen LogP contribution in [0.25, 0.3) is 34.4 Å². The van der Waals surface area contributed by atoms with Gasteiger partial charge >= 0.3 is 231 Å². The molecule has 2 atom stereocenters. The summed E-state index contributed by atoms with van der Waals surface area (Å²) in [5.74, 6) is 0. The molecule has 0 saturated heterocycles. The normalized spacial score (nSPS) is 17.9. The predicted molar refractivity (Wildman–Crippen MR) is 165 cm³/mol. The number of hydrogen-bond donors (Lipinski definition) is 0. The first kappa shape index (κ1) is 25.4. The molecule has 0 radical (unpaired) electrons. The Bertz CT molecular complexity index is 1510. The summed E-state index contributed by atoms with van der Waals surface area (Å²) >= 11 is -3.91. The first-order chi connectivity index (χ1) is 18.5. The van der Waals surface area contributed by atoms with Gasteiger partial charge in [-0.15, -0.1) is 0 Å². The van der Waals surface area contributed by atoms with Crippen molar-refractivity contribution in [2.75, 3.05) is 0 Å². The average Bonchev–Trinajstić information content (AvgIpc) is 3.61. The summed E-state index contributed by atoms with van der Waals surface area (Å²) in [5.41, 5.74) is 11.3. The molecule has 0 heterocycles. The van der Waals surface area contributed by atoms with E-state index in [1.807, 2.05) is 3.26 Å². The summed E-state index contributed by atoms with van der Waals surface area (Å²) in [6.45, 7) is 4.81. The fourth-order valence-corrected chi connectivity index (χ4v) is 34.2. The van der Waals surface area contributed by atoms with Crippen LogP contribution in [0.1, 0.15) is 56.3 Å². The van der Waals surface area contributed by atoms with Gasteiger partial charge in [0.2, 0.25) is 0 Å². The molecule has 190 valence electrons. The number of fused-ring (bicyclic) bond motifs is 2. The molecule has 38 heavy (non-hydrogen) atoms. The fraction of sp³-hybridized carbons (Fsp3) is 0.216. The summed E-state index contributed by atoms with van der Waals surface area (Å²) in [6, 6.07) is 35.9. The molecule has 1 heteroatoms. The third-order valence-electron chi connectivity index (χ3n) is 9.91. The van der Waals surface area contributed by atoms with Gasteiger partial charge in [0.1, 0.15) is 0 Å². The fourth-order valence-electron chi connectivity index (χ4n) is 7.96. The second-order valence-corrected chi connectivity index (χ2v) is 37.7. The van der Waals surface area contributed by atoms with E-state index in [1.54, 1.807) is 11.1 Å². The van der Waals surface area contributed by atoms with E-state index in [4.69, 9.17) is 0 Å². The van der Waals surface area contributed by atoms with E-state index >= 15 is 0 Å². The van der Waals surface area contributed by atoms with Crippen molar-refractivity contribution in [3.8, 4) is 22.3 Å². The second-order valence-electron chi connectivity index (χ2n) is 11.9. The van der Waals surface area contributed by atoms with E-state index in [9.17, 15) is 0 Å². The second kappa shape index (κ2) is 9.69. The van der Waals surface area contributed by atoms with Gasteiger partial charge in [-0.3, -0.25) is 0 Å². The van der Waals surface area contributed by atoms with Crippen LogP contribution in [0.3, 0.4) is 0 Å². The van der Waals surface area contributed by atoms with Crippen molar-refractivity contribution in [2.45, 2.75) is 43.4 Å². The maximum atomic E-state index is 2.78. The van der Waals surface area contributed by atoms with Crippen LogP contribution in [0.2, 0.25) is 9.36 Å². The van der Waals surface area contributed by atoms with Crippen molar-refractivity contribution in [2.24, 2.45) is 0 Å². The van der Waals surface area contributed by atoms with E-state index in [1.165, 1.54) is 46.2 Å². The summed E-state index contributed by atoms with van der Waals surface area (Å²) in [4.78, 5) is 0. The standard InChI is InChI=1S/2C15H11.C5H10.2CH3.Hf/c2*1-2-6-12(7-3-1)14-10-4-8-13-9-5-11-15(13)14;1-3-5-4-2;;;/h2*1-11H;3-4H2,1-2H3;2*1H3;. The topological polar surface area (TPSA) is 0 Å². The first-order valence-electron chi connectivity index (χ1n) is 14.2. The molecule has 0 bridgehead atoms. The molecule has 0 N–H and O–H groups in total. The summed E-state index contributed by atoms with van der Waals surface area (Å²) in [5, 5.41) is 0. The summed E-state index contributed by atoms with van der Waals surface area (Å²) in [6.07, 6.45) is 12.5. The van der Waals surface area contributed by atoms with Gasteiger partial charge in [-0.2, -0.15) is 0 Å². The molecule has 4 aromatic rings. The Kier molecular flexibility index (Phi) is 6.47. The van der Waals surface area contributed by atoms with E-state index < -0.39 is 18.0 Å². The number of hydrogen-bond acceptors (Lipinski definition) is 0. The molecule has 0 aromatic heterocycles. The van der Waals surface area contributed by atoms with Crippen molar-refractivity contribution in [3.05, 3.63) is 131 Å². The third-order valence-corrected chi connectivity index (χ3v) is 37.8. The Morgan fingerprint density at radius 1 is 0.553 bits per heavy atom. The van der Waals surface area contributed by atoms with Gasteiger partial charge in [-0.1, -0.05) is 0 Å². The van der Waals surface area contributed by atoms with Crippen molar-refractivity contribution in [3.63, 3.8) is 0 Å². The van der Waals surface area contributed by atoms with Crippen LogP contribution in [0.5, 0.6) is 0 Å². The molecule has 0 fully saturated rings. The molecule has 0 saturated carbocycles. The monoisotopic (exact) mass is 662 g/mol. The predicted octanol–water partition coefficient (Wildman–Crippen LogP) is 10.6. The minimum absolute atomic E-state index is 0.501. The quantitative estimate of drug-likeness (QED) is 0.181. The maximum absolute atomic E-state index is 3.91. The summed E-state index contributed by atoms with van der Waals surface area (Å²) < 4.78 is 8.40. The minimum atomic E-state index is -3.91. The average molecular weight is 661 g/mol. The Balaban J connectivity index is 1.56. The molecule has 0 aliphatic heterocycles. The first-order valence-corrected chi connectivity index (χ1v) is 27.4. The SMILES string of the molecule is CC[C](CC)=[Hf]([CH3])([CH3])([CH]1C=Cc2c(-c3ccccc3)cccc21)[CH]1C=Cc2c(-c3ccccc3)cccc21. The summed E-state index contributed by atoms with van der Waals surface area (Å²) in [7, 11) is 0. The molecule has 2 unspecified atom stereocenters. The van der Waals surface area contributed by atoms with Gasteiger partial charge in [-0.25, -0.2) is 0 Å². The zero-order valence-corrected chi connectivity index (χ0v) is 26.7. The van der Waals surface area contributed by atoms with Crippen molar-refractivity contribution in [1.29, 1.82) is 0 Å². The Hall–Kier alpha value is -2.90. The van der Waals surface area contributed by atoms with E-state index in [2.05, 4.69) is 145 Å². The van der Waals surface area contributed by atoms with Gasteiger partial charge in [0.05, 0.1) is 0 Å². The van der Waals surface area contributed by atoms with Crippen LogP contribution in [0, 0.1) is 0 Å². The van der Waals surface area contributed by atoms with Crippen molar-refractivity contribution < 1.29 is 18.0 Å². The Morgan fingerprint density at radius 2 is 0.974 bits per heavy atom. The molecule has 6 rings (SSSR count). The molecule has 0 spiro atoms. The van der Waals surface area contributed by atoms with Gasteiger partial charge < -0.3 is 0 Å². The van der Waals surface area contributed by atoms with Gasteiger partial charge in [-0.05, 0) is 0 Å². The molecule has 0 nitrogen and oxygen atoms in total. The third kappa shape index (κ3) is 3.77. The van der Waals surface area contributed by atoms with E-state index in [0.717, 1.165) is 0 Å². The van der Waals surface area contributed by atoms with Gasteiger partial charge in [0.15, 0.2) is 0 Å². The molecule has 4 aromatic carbocycles. The number of allylic oxidation sites excluding steroid dienone is 2. The van der Waals surface area contributed by atoms with Crippen molar-refractivity contribution in [1.82, 2.24) is 0 Å². The van der Waals surface area contributed by atoms with E-state index in [0.29, 0.717) is 7.35 Å². The molecule has 2 aliphatic rings. The van der Waals surface area contributed by atoms with Crippen LogP contribution in [-0.2, 0) is 18.0 Å². The van der Waals surface area contributed by atoms with Crippen molar-refractivity contribution >= 4 is 15.4 Å². The van der Waals surface area contributed by atoms with Gasteiger partial charge in [0.25, 0.3) is 0 Å². The molecule has 0 amide bonds. The Morgan fingerprint density at radius 3 is 1.37 bits per heavy atom. The molecular weight excluding hydrogens is 623 g/mol. The number of rotatable bonds is 6. The van der Waals surface area contributed by atoms with Gasteiger partial charge in [0, 0.05) is 0 Å². The molecular formula is C37H38Hf. The van der Waals surface area contributed by atoms with E-state index in [-0.39, 0.29) is 0 Å².